The molecule has 11 rings (SSSR count). The number of para-hydroxylation sites is 1. The second kappa shape index (κ2) is 12.1. The zero-order valence-electron chi connectivity index (χ0n) is 29.0. The van der Waals surface area contributed by atoms with Crippen LogP contribution in [0.4, 0.5) is 0 Å². The Morgan fingerprint density at radius 2 is 0.963 bits per heavy atom. The average Bonchev–Trinajstić information content (AvgIpc) is 3.81. The zero-order chi connectivity index (χ0) is 35.6. The van der Waals surface area contributed by atoms with E-state index in [0.717, 1.165) is 77.5 Å². The summed E-state index contributed by atoms with van der Waals surface area (Å²) in [5, 5.41) is 5.37. The minimum Gasteiger partial charge on any atom is -0.456 e. The van der Waals surface area contributed by atoms with Crippen LogP contribution in [0.2, 0.25) is 0 Å². The normalized spacial score (nSPS) is 11.7. The van der Waals surface area contributed by atoms with Crippen molar-refractivity contribution in [2.75, 3.05) is 0 Å². The SMILES string of the molecule is c1ccc(-c2ccc(-c3cc(-c4nc(-c5ccccc5)c5oc6ccccc6c5n4)c4c(c3)oc3cc(-c5ccc6ccccc6c5)ccc34)cc2)cc1. The molecule has 0 aliphatic carbocycles. The first kappa shape index (κ1) is 30.3. The predicted molar refractivity (Wildman–Crippen MR) is 221 cm³/mol. The van der Waals surface area contributed by atoms with Gasteiger partial charge in [0.15, 0.2) is 11.4 Å². The maximum atomic E-state index is 6.80. The van der Waals surface area contributed by atoms with Gasteiger partial charge in [-0.2, -0.15) is 0 Å². The van der Waals surface area contributed by atoms with Crippen molar-refractivity contribution in [1.29, 1.82) is 0 Å². The van der Waals surface area contributed by atoms with Crippen LogP contribution in [0.5, 0.6) is 0 Å². The second-order valence-electron chi connectivity index (χ2n) is 13.8. The van der Waals surface area contributed by atoms with Crippen molar-refractivity contribution < 1.29 is 8.83 Å². The van der Waals surface area contributed by atoms with Gasteiger partial charge in [-0.15, -0.1) is 0 Å². The molecule has 0 aliphatic rings. The van der Waals surface area contributed by atoms with Crippen molar-refractivity contribution in [2.24, 2.45) is 0 Å². The van der Waals surface area contributed by atoms with E-state index in [0.29, 0.717) is 11.4 Å². The van der Waals surface area contributed by atoms with Gasteiger partial charge in [0.05, 0.1) is 0 Å². The molecule has 11 aromatic rings. The standard InChI is InChI=1S/C50H30N2O2/c1-3-11-31(12-4-1)33-19-21-34(22-20-33)39-28-42(50-51-47(35-14-5-2-6-15-35)49-48(52-50)41-17-9-10-18-43(41)54-49)46-40-26-25-38(29-44(40)53-45(46)30-39)37-24-23-32-13-7-8-16-36(32)27-37/h1-30H. The van der Waals surface area contributed by atoms with Gasteiger partial charge in [-0.25, -0.2) is 9.97 Å². The molecule has 0 unspecified atom stereocenters. The molecule has 0 amide bonds. The largest absolute Gasteiger partial charge is 0.456 e. The number of benzene rings is 8. The summed E-state index contributed by atoms with van der Waals surface area (Å²) in [5.41, 5.74) is 13.1. The second-order valence-corrected chi connectivity index (χ2v) is 13.8. The Hall–Kier alpha value is -7.30. The first-order valence-corrected chi connectivity index (χ1v) is 18.1. The van der Waals surface area contributed by atoms with E-state index in [1.165, 1.54) is 21.9 Å². The van der Waals surface area contributed by atoms with E-state index in [1.54, 1.807) is 0 Å². The number of hydrogen-bond acceptors (Lipinski definition) is 4. The van der Waals surface area contributed by atoms with Crippen LogP contribution in [0.25, 0.3) is 111 Å². The Labute approximate surface area is 310 Å². The average molecular weight is 691 g/mol. The summed E-state index contributed by atoms with van der Waals surface area (Å²) in [6, 6.07) is 63.4. The lowest BCUT2D eigenvalue weighted by Crippen LogP contribution is -1.95. The minimum absolute atomic E-state index is 0.613. The fourth-order valence-electron chi connectivity index (χ4n) is 7.79. The van der Waals surface area contributed by atoms with Gasteiger partial charge in [0.25, 0.3) is 0 Å². The Morgan fingerprint density at radius 3 is 1.78 bits per heavy atom. The molecule has 0 spiro atoms. The Bertz CT molecular complexity index is 3200. The topological polar surface area (TPSA) is 52.1 Å². The fourth-order valence-corrected chi connectivity index (χ4v) is 7.79. The fraction of sp³-hybridized carbons (Fsp3) is 0. The molecule has 3 heterocycles. The lowest BCUT2D eigenvalue weighted by molar-refractivity contribution is 0.667. The summed E-state index contributed by atoms with van der Waals surface area (Å²) in [5.74, 6) is 0.613. The third-order valence-corrected chi connectivity index (χ3v) is 10.5. The van der Waals surface area contributed by atoms with Gasteiger partial charge < -0.3 is 8.83 Å². The molecule has 3 aromatic heterocycles. The molecule has 0 saturated heterocycles. The highest BCUT2D eigenvalue weighted by Gasteiger charge is 2.22. The van der Waals surface area contributed by atoms with Gasteiger partial charge in [-0.3, -0.25) is 0 Å². The summed E-state index contributed by atoms with van der Waals surface area (Å²) < 4.78 is 13.3. The van der Waals surface area contributed by atoms with E-state index < -0.39 is 0 Å². The molecule has 0 radical (unpaired) electrons. The van der Waals surface area contributed by atoms with Gasteiger partial charge in [-0.05, 0) is 86.6 Å². The van der Waals surface area contributed by atoms with E-state index in [1.807, 2.05) is 42.5 Å². The maximum Gasteiger partial charge on any atom is 0.180 e. The quantitative estimate of drug-likeness (QED) is 0.180. The molecular weight excluding hydrogens is 661 g/mol. The number of nitrogens with zero attached hydrogens (tertiary/aromatic N) is 2. The van der Waals surface area contributed by atoms with E-state index in [2.05, 4.69) is 140 Å². The van der Waals surface area contributed by atoms with Gasteiger partial charge in [0.2, 0.25) is 0 Å². The monoisotopic (exact) mass is 690 g/mol. The van der Waals surface area contributed by atoms with Crippen molar-refractivity contribution in [1.82, 2.24) is 9.97 Å². The first-order chi connectivity index (χ1) is 26.7. The van der Waals surface area contributed by atoms with Crippen LogP contribution in [-0.4, -0.2) is 9.97 Å². The highest BCUT2D eigenvalue weighted by Crippen LogP contribution is 2.43. The third kappa shape index (κ3) is 5.00. The molecule has 4 heteroatoms. The van der Waals surface area contributed by atoms with E-state index in [9.17, 15) is 0 Å². The van der Waals surface area contributed by atoms with Crippen LogP contribution in [0, 0.1) is 0 Å². The molecule has 0 atom stereocenters. The van der Waals surface area contributed by atoms with Crippen LogP contribution in [-0.2, 0) is 0 Å². The minimum atomic E-state index is 0.613. The van der Waals surface area contributed by atoms with Crippen LogP contribution >= 0.6 is 0 Å². The summed E-state index contributed by atoms with van der Waals surface area (Å²) in [6.07, 6.45) is 0. The number of hydrogen-bond donors (Lipinski definition) is 0. The first-order valence-electron chi connectivity index (χ1n) is 18.1. The number of furan rings is 2. The smallest absolute Gasteiger partial charge is 0.180 e. The molecule has 0 bridgehead atoms. The van der Waals surface area contributed by atoms with Gasteiger partial charge in [-0.1, -0.05) is 140 Å². The molecule has 0 aliphatic heterocycles. The van der Waals surface area contributed by atoms with Crippen LogP contribution < -0.4 is 0 Å². The van der Waals surface area contributed by atoms with E-state index in [4.69, 9.17) is 18.8 Å². The highest BCUT2D eigenvalue weighted by atomic mass is 16.3. The molecule has 252 valence electrons. The predicted octanol–water partition coefficient (Wildman–Crippen LogP) is 13.8. The lowest BCUT2D eigenvalue weighted by atomic mass is 9.95. The molecule has 54 heavy (non-hydrogen) atoms. The maximum absolute atomic E-state index is 6.80. The van der Waals surface area contributed by atoms with Crippen LogP contribution in [0.1, 0.15) is 0 Å². The van der Waals surface area contributed by atoms with Gasteiger partial charge >= 0.3 is 0 Å². The highest BCUT2D eigenvalue weighted by molar-refractivity contribution is 6.15. The molecule has 0 fully saturated rings. The van der Waals surface area contributed by atoms with E-state index in [-0.39, 0.29) is 0 Å². The molecule has 8 aromatic carbocycles. The van der Waals surface area contributed by atoms with Crippen molar-refractivity contribution in [3.8, 4) is 56.0 Å². The van der Waals surface area contributed by atoms with Crippen molar-refractivity contribution in [3.63, 3.8) is 0 Å². The van der Waals surface area contributed by atoms with Gasteiger partial charge in [0, 0.05) is 27.3 Å². The third-order valence-electron chi connectivity index (χ3n) is 10.5. The number of aromatic nitrogens is 2. The summed E-state index contributed by atoms with van der Waals surface area (Å²) in [7, 11) is 0. The molecule has 4 nitrogen and oxygen atoms in total. The van der Waals surface area contributed by atoms with Crippen molar-refractivity contribution in [2.45, 2.75) is 0 Å². The molecule has 0 N–H and O–H groups in total. The zero-order valence-corrected chi connectivity index (χ0v) is 29.0. The number of rotatable bonds is 5. The Kier molecular flexibility index (Phi) is 6.82. The summed E-state index contributed by atoms with van der Waals surface area (Å²) >= 11 is 0. The summed E-state index contributed by atoms with van der Waals surface area (Å²) in [4.78, 5) is 10.6. The summed E-state index contributed by atoms with van der Waals surface area (Å²) in [6.45, 7) is 0. The van der Waals surface area contributed by atoms with E-state index >= 15 is 0 Å². The van der Waals surface area contributed by atoms with Crippen molar-refractivity contribution in [3.05, 3.63) is 182 Å². The number of fused-ring (bicyclic) bond motifs is 7. The Morgan fingerprint density at radius 1 is 0.352 bits per heavy atom. The lowest BCUT2D eigenvalue weighted by Gasteiger charge is -2.10. The Balaban J connectivity index is 1.16. The van der Waals surface area contributed by atoms with Crippen molar-refractivity contribution >= 4 is 54.8 Å². The van der Waals surface area contributed by atoms with Crippen LogP contribution in [0.15, 0.2) is 191 Å². The molecular formula is C50H30N2O2. The molecule has 0 saturated carbocycles. The van der Waals surface area contributed by atoms with Gasteiger partial charge in [0.1, 0.15) is 28.0 Å². The van der Waals surface area contributed by atoms with Crippen LogP contribution in [0.3, 0.4) is 0 Å².